The van der Waals surface area contributed by atoms with Gasteiger partial charge in [-0.15, -0.1) is 0 Å². The fraction of sp³-hybridized carbons (Fsp3) is 0.571. The molecule has 0 aliphatic rings. The fourth-order valence-electron chi connectivity index (χ4n) is 1.54. The van der Waals surface area contributed by atoms with Gasteiger partial charge in [0.1, 0.15) is 0 Å². The Bertz CT molecular complexity index is 355. The van der Waals surface area contributed by atoms with Gasteiger partial charge in [0.15, 0.2) is 0 Å². The average Bonchev–Trinajstić information content (AvgIpc) is 2.27. The Morgan fingerprint density at radius 3 is 2.12 bits per heavy atom. The molecule has 0 saturated heterocycles. The summed E-state index contributed by atoms with van der Waals surface area (Å²) in [5, 5.41) is 3.53. The summed E-state index contributed by atoms with van der Waals surface area (Å²) in [6.07, 6.45) is 0. The molecule has 96 valence electrons. The van der Waals surface area contributed by atoms with Crippen molar-refractivity contribution < 1.29 is 0 Å². The van der Waals surface area contributed by atoms with Gasteiger partial charge in [-0.1, -0.05) is 41.9 Å². The molecule has 0 saturated carbocycles. The van der Waals surface area contributed by atoms with E-state index in [2.05, 4.69) is 73.2 Å². The quantitative estimate of drug-likeness (QED) is 0.877. The van der Waals surface area contributed by atoms with Gasteiger partial charge >= 0.3 is 0 Å². The van der Waals surface area contributed by atoms with E-state index in [0.717, 1.165) is 11.0 Å². The molecule has 3 N–H and O–H groups in total. The summed E-state index contributed by atoms with van der Waals surface area (Å²) in [4.78, 5) is 0. The second-order valence-corrected chi connectivity index (χ2v) is 6.75. The van der Waals surface area contributed by atoms with Crippen molar-refractivity contribution in [3.63, 3.8) is 0 Å². The summed E-state index contributed by atoms with van der Waals surface area (Å²) in [6.45, 7) is 10.3. The summed E-state index contributed by atoms with van der Waals surface area (Å²) in [6, 6.07) is 8.51. The van der Waals surface area contributed by atoms with Gasteiger partial charge in [0.25, 0.3) is 0 Å². The van der Waals surface area contributed by atoms with Gasteiger partial charge in [-0.25, -0.2) is 0 Å². The molecule has 0 aliphatic carbocycles. The lowest BCUT2D eigenvalue weighted by atomic mass is 9.84. The lowest BCUT2D eigenvalue weighted by Gasteiger charge is -2.32. The first-order chi connectivity index (χ1) is 7.77. The SMILES string of the molecule is CC(C)(CN)NCC(C)(C)c1ccc(Br)cc1. The zero-order valence-corrected chi connectivity index (χ0v) is 12.8. The molecule has 0 aromatic heterocycles. The highest BCUT2D eigenvalue weighted by Gasteiger charge is 2.24. The van der Waals surface area contributed by atoms with Crippen molar-refractivity contribution in [1.29, 1.82) is 0 Å². The van der Waals surface area contributed by atoms with Gasteiger partial charge in [-0.3, -0.25) is 0 Å². The van der Waals surface area contributed by atoms with E-state index in [1.165, 1.54) is 5.56 Å². The Morgan fingerprint density at radius 2 is 1.65 bits per heavy atom. The predicted molar refractivity (Wildman–Crippen MR) is 78.3 cm³/mol. The van der Waals surface area contributed by atoms with Crippen molar-refractivity contribution in [3.8, 4) is 0 Å². The van der Waals surface area contributed by atoms with Crippen LogP contribution >= 0.6 is 15.9 Å². The van der Waals surface area contributed by atoms with Crippen LogP contribution in [0, 0.1) is 0 Å². The number of nitrogens with one attached hydrogen (secondary N) is 1. The molecule has 0 unspecified atom stereocenters. The van der Waals surface area contributed by atoms with E-state index in [1.54, 1.807) is 0 Å². The van der Waals surface area contributed by atoms with E-state index in [9.17, 15) is 0 Å². The highest BCUT2D eigenvalue weighted by atomic mass is 79.9. The number of hydrogen-bond acceptors (Lipinski definition) is 2. The molecule has 2 nitrogen and oxygen atoms in total. The Hall–Kier alpha value is -0.380. The molecule has 17 heavy (non-hydrogen) atoms. The molecule has 0 spiro atoms. The lowest BCUT2D eigenvalue weighted by molar-refractivity contribution is 0.347. The minimum Gasteiger partial charge on any atom is -0.329 e. The normalized spacial score (nSPS) is 12.8. The summed E-state index contributed by atoms with van der Waals surface area (Å²) in [7, 11) is 0. The number of rotatable bonds is 5. The minimum absolute atomic E-state index is 0.00731. The van der Waals surface area contributed by atoms with Crippen molar-refractivity contribution in [2.45, 2.75) is 38.6 Å². The minimum atomic E-state index is -0.00731. The highest BCUT2D eigenvalue weighted by Crippen LogP contribution is 2.24. The summed E-state index contributed by atoms with van der Waals surface area (Å²) >= 11 is 3.46. The van der Waals surface area contributed by atoms with Crippen molar-refractivity contribution in [2.75, 3.05) is 13.1 Å². The molecule has 1 rings (SSSR count). The molecular formula is C14H23BrN2. The molecule has 0 radical (unpaired) electrons. The molecule has 0 atom stereocenters. The van der Waals surface area contributed by atoms with Gasteiger partial charge in [0, 0.05) is 28.5 Å². The molecule has 3 heteroatoms. The van der Waals surface area contributed by atoms with Crippen LogP contribution < -0.4 is 11.1 Å². The van der Waals surface area contributed by atoms with Crippen LogP contribution in [0.5, 0.6) is 0 Å². The van der Waals surface area contributed by atoms with Crippen LogP contribution in [-0.2, 0) is 5.41 Å². The Morgan fingerprint density at radius 1 is 1.12 bits per heavy atom. The predicted octanol–water partition coefficient (Wildman–Crippen LogP) is 3.05. The topological polar surface area (TPSA) is 38.0 Å². The maximum absolute atomic E-state index is 5.73. The van der Waals surface area contributed by atoms with Crippen LogP contribution in [0.25, 0.3) is 0 Å². The molecule has 1 aromatic carbocycles. The van der Waals surface area contributed by atoms with Crippen LogP contribution in [0.1, 0.15) is 33.3 Å². The lowest BCUT2D eigenvalue weighted by Crippen LogP contribution is -2.50. The first-order valence-corrected chi connectivity index (χ1v) is 6.77. The molecule has 0 aliphatic heterocycles. The van der Waals surface area contributed by atoms with Crippen molar-refractivity contribution in [3.05, 3.63) is 34.3 Å². The van der Waals surface area contributed by atoms with Crippen molar-refractivity contribution in [2.24, 2.45) is 5.73 Å². The van der Waals surface area contributed by atoms with E-state index in [1.807, 2.05) is 0 Å². The third-order valence-electron chi connectivity index (χ3n) is 3.14. The van der Waals surface area contributed by atoms with Gasteiger partial charge in [0.05, 0.1) is 0 Å². The van der Waals surface area contributed by atoms with Gasteiger partial charge in [-0.05, 0) is 31.5 Å². The zero-order valence-electron chi connectivity index (χ0n) is 11.2. The molecule has 0 fully saturated rings. The van der Waals surface area contributed by atoms with Gasteiger partial charge in [-0.2, -0.15) is 0 Å². The molecule has 0 heterocycles. The number of hydrogen-bond donors (Lipinski definition) is 2. The Balaban J connectivity index is 2.71. The van der Waals surface area contributed by atoms with Crippen LogP contribution in [0.2, 0.25) is 0 Å². The average molecular weight is 299 g/mol. The largest absolute Gasteiger partial charge is 0.329 e. The Labute approximate surface area is 113 Å². The van der Waals surface area contributed by atoms with E-state index >= 15 is 0 Å². The third-order valence-corrected chi connectivity index (χ3v) is 3.67. The van der Waals surface area contributed by atoms with Crippen molar-refractivity contribution in [1.82, 2.24) is 5.32 Å². The van der Waals surface area contributed by atoms with E-state index < -0.39 is 0 Å². The zero-order chi connectivity index (χ0) is 13.1. The summed E-state index contributed by atoms with van der Waals surface area (Å²) in [5.74, 6) is 0. The van der Waals surface area contributed by atoms with Gasteiger partial charge in [0.2, 0.25) is 0 Å². The second-order valence-electron chi connectivity index (χ2n) is 5.83. The standard InChI is InChI=1S/C14H23BrN2/c1-13(2,10-17-14(3,4)9-16)11-5-7-12(15)8-6-11/h5-8,17H,9-10,16H2,1-4H3. The highest BCUT2D eigenvalue weighted by molar-refractivity contribution is 9.10. The summed E-state index contributed by atoms with van der Waals surface area (Å²) < 4.78 is 1.12. The van der Waals surface area contributed by atoms with Gasteiger partial charge < -0.3 is 11.1 Å². The first-order valence-electron chi connectivity index (χ1n) is 5.98. The summed E-state index contributed by atoms with van der Waals surface area (Å²) in [5.41, 5.74) is 7.16. The Kier molecular flexibility index (Phi) is 4.76. The number of benzene rings is 1. The molecular weight excluding hydrogens is 276 g/mol. The maximum atomic E-state index is 5.73. The van der Waals surface area contributed by atoms with Crippen LogP contribution in [-0.4, -0.2) is 18.6 Å². The maximum Gasteiger partial charge on any atom is 0.0247 e. The monoisotopic (exact) mass is 298 g/mol. The van der Waals surface area contributed by atoms with E-state index in [4.69, 9.17) is 5.73 Å². The second kappa shape index (κ2) is 5.51. The fourth-order valence-corrected chi connectivity index (χ4v) is 1.80. The van der Waals surface area contributed by atoms with Crippen LogP contribution in [0.15, 0.2) is 28.7 Å². The molecule has 0 amide bonds. The van der Waals surface area contributed by atoms with E-state index in [-0.39, 0.29) is 11.0 Å². The van der Waals surface area contributed by atoms with E-state index in [0.29, 0.717) is 6.54 Å². The number of nitrogens with two attached hydrogens (primary N) is 1. The van der Waals surface area contributed by atoms with Crippen LogP contribution in [0.3, 0.4) is 0 Å². The first kappa shape index (κ1) is 14.7. The third kappa shape index (κ3) is 4.41. The molecule has 1 aromatic rings. The van der Waals surface area contributed by atoms with Crippen LogP contribution in [0.4, 0.5) is 0 Å². The van der Waals surface area contributed by atoms with Crippen molar-refractivity contribution >= 4 is 15.9 Å². The number of halogens is 1. The smallest absolute Gasteiger partial charge is 0.0247 e. The molecule has 0 bridgehead atoms.